The van der Waals surface area contributed by atoms with E-state index in [9.17, 15) is 4.79 Å². The molecular weight excluding hydrogens is 262 g/mol. The Hall–Kier alpha value is -2.10. The lowest BCUT2D eigenvalue weighted by Gasteiger charge is -2.27. The number of benzene rings is 1. The molecule has 1 atom stereocenters. The Balaban J connectivity index is 1.88. The van der Waals surface area contributed by atoms with Crippen LogP contribution in [0.25, 0.3) is 10.8 Å². The van der Waals surface area contributed by atoms with Crippen molar-refractivity contribution in [1.29, 1.82) is 0 Å². The molecule has 1 aliphatic rings. The van der Waals surface area contributed by atoms with E-state index in [1.54, 1.807) is 0 Å². The van der Waals surface area contributed by atoms with Gasteiger partial charge in [0.15, 0.2) is 0 Å². The number of hydrogen-bond donors (Lipinski definition) is 2. The molecule has 1 aromatic heterocycles. The first-order chi connectivity index (χ1) is 9.97. The smallest absolute Gasteiger partial charge is 0.270 e. The molecule has 1 aliphatic carbocycles. The number of hydrogen-bond acceptors (Lipinski definition) is 3. The fourth-order valence-corrected chi connectivity index (χ4v) is 3.17. The van der Waals surface area contributed by atoms with E-state index >= 15 is 0 Å². The van der Waals surface area contributed by atoms with Crippen LogP contribution in [-0.4, -0.2) is 16.9 Å². The van der Waals surface area contributed by atoms with Crippen LogP contribution < -0.4 is 11.1 Å². The Kier molecular flexibility index (Phi) is 3.32. The number of fused-ring (bicyclic) bond motifs is 1. The zero-order valence-corrected chi connectivity index (χ0v) is 12.5. The van der Waals surface area contributed by atoms with Crippen molar-refractivity contribution >= 4 is 22.5 Å². The fraction of sp³-hybridized carbons (Fsp3) is 0.412. The SMILES string of the molecule is CC1(C)CCCC1NC(=O)c1cc2ccccc2c(N)n1. The average molecular weight is 283 g/mol. The second-order valence-electron chi connectivity index (χ2n) is 6.52. The number of aromatic nitrogens is 1. The van der Waals surface area contributed by atoms with Gasteiger partial charge in [-0.15, -0.1) is 0 Å². The lowest BCUT2D eigenvalue weighted by molar-refractivity contribution is 0.0905. The van der Waals surface area contributed by atoms with E-state index in [0.717, 1.165) is 30.0 Å². The molecule has 110 valence electrons. The van der Waals surface area contributed by atoms with Crippen molar-refractivity contribution in [2.45, 2.75) is 39.2 Å². The second-order valence-corrected chi connectivity index (χ2v) is 6.52. The third kappa shape index (κ3) is 2.58. The first kappa shape index (κ1) is 13.9. The number of amides is 1. The van der Waals surface area contributed by atoms with Crippen molar-refractivity contribution in [3.63, 3.8) is 0 Å². The minimum Gasteiger partial charge on any atom is -0.383 e. The van der Waals surface area contributed by atoms with Crippen molar-refractivity contribution < 1.29 is 4.79 Å². The van der Waals surface area contributed by atoms with Gasteiger partial charge in [-0.3, -0.25) is 4.79 Å². The van der Waals surface area contributed by atoms with Crippen LogP contribution in [0.15, 0.2) is 30.3 Å². The summed E-state index contributed by atoms with van der Waals surface area (Å²) in [5, 5.41) is 4.95. The third-order valence-electron chi connectivity index (χ3n) is 4.57. The molecule has 0 saturated heterocycles. The molecule has 1 unspecified atom stereocenters. The van der Waals surface area contributed by atoms with Crippen LogP contribution in [0.5, 0.6) is 0 Å². The summed E-state index contributed by atoms with van der Waals surface area (Å²) in [4.78, 5) is 16.7. The van der Waals surface area contributed by atoms with E-state index in [2.05, 4.69) is 24.1 Å². The molecule has 1 aromatic carbocycles. The molecule has 2 aromatic rings. The quantitative estimate of drug-likeness (QED) is 0.889. The summed E-state index contributed by atoms with van der Waals surface area (Å²) in [5.41, 5.74) is 6.51. The van der Waals surface area contributed by atoms with Gasteiger partial charge in [0, 0.05) is 11.4 Å². The maximum atomic E-state index is 12.5. The molecule has 1 fully saturated rings. The van der Waals surface area contributed by atoms with Crippen LogP contribution in [0, 0.1) is 5.41 Å². The van der Waals surface area contributed by atoms with E-state index in [1.165, 1.54) is 0 Å². The highest BCUT2D eigenvalue weighted by Gasteiger charge is 2.35. The number of nitrogens with zero attached hydrogens (tertiary/aromatic N) is 1. The molecule has 3 rings (SSSR count). The van der Waals surface area contributed by atoms with Gasteiger partial charge in [-0.05, 0) is 29.7 Å². The third-order valence-corrected chi connectivity index (χ3v) is 4.57. The van der Waals surface area contributed by atoms with Crippen LogP contribution in [-0.2, 0) is 0 Å². The number of anilines is 1. The topological polar surface area (TPSA) is 68.0 Å². The van der Waals surface area contributed by atoms with E-state index in [4.69, 9.17) is 5.73 Å². The number of nitrogen functional groups attached to an aromatic ring is 1. The summed E-state index contributed by atoms with van der Waals surface area (Å²) >= 11 is 0. The standard InChI is InChI=1S/C17H21N3O/c1-17(2)9-5-8-14(17)20-16(21)13-10-11-6-3-4-7-12(11)15(18)19-13/h3-4,6-7,10,14H,5,8-9H2,1-2H3,(H2,18,19)(H,20,21). The largest absolute Gasteiger partial charge is 0.383 e. The molecule has 0 spiro atoms. The van der Waals surface area contributed by atoms with Crippen molar-refractivity contribution in [3.05, 3.63) is 36.0 Å². The highest BCUT2D eigenvalue weighted by atomic mass is 16.1. The Morgan fingerprint density at radius 1 is 1.38 bits per heavy atom. The van der Waals surface area contributed by atoms with E-state index in [1.807, 2.05) is 30.3 Å². The number of pyridine rings is 1. The van der Waals surface area contributed by atoms with Crippen molar-refractivity contribution in [2.24, 2.45) is 5.41 Å². The zero-order valence-electron chi connectivity index (χ0n) is 12.5. The molecule has 4 nitrogen and oxygen atoms in total. The van der Waals surface area contributed by atoms with Gasteiger partial charge in [-0.2, -0.15) is 0 Å². The molecule has 0 bridgehead atoms. The van der Waals surface area contributed by atoms with Gasteiger partial charge in [0.25, 0.3) is 5.91 Å². The molecule has 1 heterocycles. The number of carbonyl (C=O) groups is 1. The van der Waals surface area contributed by atoms with Gasteiger partial charge in [0.05, 0.1) is 0 Å². The van der Waals surface area contributed by atoms with E-state index in [0.29, 0.717) is 11.5 Å². The summed E-state index contributed by atoms with van der Waals surface area (Å²) in [6.45, 7) is 4.40. The Morgan fingerprint density at radius 3 is 2.86 bits per heavy atom. The lowest BCUT2D eigenvalue weighted by atomic mass is 9.87. The van der Waals surface area contributed by atoms with Crippen LogP contribution >= 0.6 is 0 Å². The minimum absolute atomic E-state index is 0.132. The summed E-state index contributed by atoms with van der Waals surface area (Å²) in [6.07, 6.45) is 3.33. The lowest BCUT2D eigenvalue weighted by Crippen LogP contribution is -2.41. The Labute approximate surface area is 124 Å². The molecule has 21 heavy (non-hydrogen) atoms. The maximum absolute atomic E-state index is 12.5. The molecule has 0 aliphatic heterocycles. The minimum atomic E-state index is -0.132. The number of carbonyl (C=O) groups excluding carboxylic acids is 1. The molecular formula is C17H21N3O. The van der Waals surface area contributed by atoms with Crippen LogP contribution in [0.2, 0.25) is 0 Å². The molecule has 0 radical (unpaired) electrons. The van der Waals surface area contributed by atoms with Crippen LogP contribution in [0.4, 0.5) is 5.82 Å². The van der Waals surface area contributed by atoms with Crippen molar-refractivity contribution in [2.75, 3.05) is 5.73 Å². The predicted octanol–water partition coefficient (Wildman–Crippen LogP) is 3.13. The van der Waals surface area contributed by atoms with Gasteiger partial charge < -0.3 is 11.1 Å². The molecule has 4 heteroatoms. The summed E-state index contributed by atoms with van der Waals surface area (Å²) in [7, 11) is 0. The Bertz CT molecular complexity index is 693. The number of rotatable bonds is 2. The van der Waals surface area contributed by atoms with Gasteiger partial charge >= 0.3 is 0 Å². The monoisotopic (exact) mass is 283 g/mol. The van der Waals surface area contributed by atoms with Crippen molar-refractivity contribution in [3.8, 4) is 0 Å². The van der Waals surface area contributed by atoms with Crippen LogP contribution in [0.1, 0.15) is 43.6 Å². The zero-order chi connectivity index (χ0) is 15.0. The van der Waals surface area contributed by atoms with Crippen LogP contribution in [0.3, 0.4) is 0 Å². The van der Waals surface area contributed by atoms with Gasteiger partial charge in [0.1, 0.15) is 11.5 Å². The molecule has 3 N–H and O–H groups in total. The molecule has 1 saturated carbocycles. The normalized spacial score (nSPS) is 20.6. The van der Waals surface area contributed by atoms with Crippen molar-refractivity contribution in [1.82, 2.24) is 10.3 Å². The summed E-state index contributed by atoms with van der Waals surface area (Å²) < 4.78 is 0. The average Bonchev–Trinajstić information content (AvgIpc) is 2.78. The van der Waals surface area contributed by atoms with E-state index < -0.39 is 0 Å². The van der Waals surface area contributed by atoms with Gasteiger partial charge in [0.2, 0.25) is 0 Å². The summed E-state index contributed by atoms with van der Waals surface area (Å²) in [5.74, 6) is 0.274. The first-order valence-electron chi connectivity index (χ1n) is 7.43. The maximum Gasteiger partial charge on any atom is 0.270 e. The van der Waals surface area contributed by atoms with E-state index in [-0.39, 0.29) is 17.4 Å². The summed E-state index contributed by atoms with van der Waals surface area (Å²) in [6, 6.07) is 9.73. The number of nitrogens with two attached hydrogens (primary N) is 1. The van der Waals surface area contributed by atoms with Gasteiger partial charge in [-0.25, -0.2) is 4.98 Å². The highest BCUT2D eigenvalue weighted by molar-refractivity contribution is 5.99. The number of nitrogens with one attached hydrogen (secondary N) is 1. The predicted molar refractivity (Wildman–Crippen MR) is 85.0 cm³/mol. The second kappa shape index (κ2) is 5.02. The first-order valence-corrected chi connectivity index (χ1v) is 7.43. The van der Waals surface area contributed by atoms with Gasteiger partial charge in [-0.1, -0.05) is 44.5 Å². The molecule has 1 amide bonds. The fourth-order valence-electron chi connectivity index (χ4n) is 3.17. The highest BCUT2D eigenvalue weighted by Crippen LogP contribution is 2.37. The Morgan fingerprint density at radius 2 is 2.14 bits per heavy atom.